The lowest BCUT2D eigenvalue weighted by Gasteiger charge is -2.41. The molecule has 0 amide bonds. The molecule has 1 aliphatic carbocycles. The van der Waals surface area contributed by atoms with Crippen molar-refractivity contribution >= 4 is 27.3 Å². The number of ether oxygens (including phenoxy) is 1. The van der Waals surface area contributed by atoms with Gasteiger partial charge in [0, 0.05) is 12.6 Å². The largest absolute Gasteiger partial charge is 0.375 e. The first-order valence-electron chi connectivity index (χ1n) is 8.34. The van der Waals surface area contributed by atoms with Crippen LogP contribution in [-0.4, -0.2) is 18.8 Å². The fourth-order valence-corrected chi connectivity index (χ4v) is 5.27. The van der Waals surface area contributed by atoms with Gasteiger partial charge in [-0.05, 0) is 77.5 Å². The monoisotopic (exact) mass is 371 g/mol. The summed E-state index contributed by atoms with van der Waals surface area (Å²) in [6.07, 6.45) is 8.87. The normalized spacial score (nSPS) is 26.3. The molecule has 0 bridgehead atoms. The first-order valence-corrected chi connectivity index (χ1v) is 10.0. The Morgan fingerprint density at radius 3 is 2.95 bits per heavy atom. The molecule has 2 atom stereocenters. The molecule has 21 heavy (non-hydrogen) atoms. The number of rotatable bonds is 5. The molecule has 2 nitrogen and oxygen atoms in total. The second kappa shape index (κ2) is 7.12. The first-order chi connectivity index (χ1) is 10.2. The standard InChI is InChI=1S/C17H26BrNOS/c1-2-8-19-16(14-10-15(18)21-12-14)13-5-9-20-17(11-13)6-3-4-7-17/h10,12-13,16,19H,2-9,11H2,1H3. The zero-order chi connectivity index (χ0) is 14.7. The summed E-state index contributed by atoms with van der Waals surface area (Å²) in [6, 6.07) is 2.79. The lowest BCUT2D eigenvalue weighted by molar-refractivity contribution is -0.0981. The Bertz CT molecular complexity index is 455. The van der Waals surface area contributed by atoms with E-state index in [1.807, 2.05) is 0 Å². The smallest absolute Gasteiger partial charge is 0.0701 e. The third-order valence-corrected chi connectivity index (χ3v) is 6.60. The Balaban J connectivity index is 1.75. The van der Waals surface area contributed by atoms with Crippen molar-refractivity contribution < 1.29 is 4.74 Å². The van der Waals surface area contributed by atoms with E-state index in [9.17, 15) is 0 Å². The van der Waals surface area contributed by atoms with Crippen molar-refractivity contribution in [3.05, 3.63) is 20.8 Å². The average Bonchev–Trinajstić information content (AvgIpc) is 3.10. The van der Waals surface area contributed by atoms with E-state index >= 15 is 0 Å². The Morgan fingerprint density at radius 1 is 1.48 bits per heavy atom. The highest BCUT2D eigenvalue weighted by molar-refractivity contribution is 9.11. The van der Waals surface area contributed by atoms with Gasteiger partial charge in [-0.2, -0.15) is 0 Å². The Hall–Kier alpha value is 0.1000. The molecule has 1 spiro atoms. The van der Waals surface area contributed by atoms with Crippen molar-refractivity contribution in [1.29, 1.82) is 0 Å². The van der Waals surface area contributed by atoms with Crippen LogP contribution in [0.1, 0.15) is 63.5 Å². The van der Waals surface area contributed by atoms with E-state index in [2.05, 4.69) is 39.6 Å². The van der Waals surface area contributed by atoms with Crippen molar-refractivity contribution in [2.75, 3.05) is 13.2 Å². The van der Waals surface area contributed by atoms with Crippen LogP contribution in [-0.2, 0) is 4.74 Å². The van der Waals surface area contributed by atoms with E-state index in [0.29, 0.717) is 12.0 Å². The van der Waals surface area contributed by atoms with E-state index in [-0.39, 0.29) is 5.60 Å². The molecule has 2 fully saturated rings. The van der Waals surface area contributed by atoms with Crippen LogP contribution >= 0.6 is 27.3 Å². The third-order valence-electron chi connectivity index (χ3n) is 5.08. The Kier molecular flexibility index (Phi) is 5.41. The summed E-state index contributed by atoms with van der Waals surface area (Å²) in [7, 11) is 0. The number of hydrogen-bond acceptors (Lipinski definition) is 3. The zero-order valence-electron chi connectivity index (χ0n) is 12.9. The quantitative estimate of drug-likeness (QED) is 0.758. The van der Waals surface area contributed by atoms with E-state index in [4.69, 9.17) is 4.74 Å². The van der Waals surface area contributed by atoms with Gasteiger partial charge in [-0.15, -0.1) is 11.3 Å². The molecule has 2 unspecified atom stereocenters. The molecule has 2 heterocycles. The molecule has 1 saturated carbocycles. The van der Waals surface area contributed by atoms with Gasteiger partial charge in [0.05, 0.1) is 9.39 Å². The molecule has 1 aliphatic heterocycles. The molecule has 1 N–H and O–H groups in total. The summed E-state index contributed by atoms with van der Waals surface area (Å²) in [4.78, 5) is 0. The summed E-state index contributed by atoms with van der Waals surface area (Å²) in [5.74, 6) is 0.713. The zero-order valence-corrected chi connectivity index (χ0v) is 15.3. The van der Waals surface area contributed by atoms with Crippen LogP contribution in [0.4, 0.5) is 0 Å². The van der Waals surface area contributed by atoms with E-state index in [0.717, 1.165) is 13.2 Å². The molecule has 118 valence electrons. The van der Waals surface area contributed by atoms with Gasteiger partial charge in [0.15, 0.2) is 0 Å². The SMILES string of the molecule is CCCNC(c1csc(Br)c1)C1CCOC2(CCCC2)C1. The number of thiophene rings is 1. The minimum absolute atomic E-state index is 0.211. The Labute approximate surface area is 140 Å². The minimum atomic E-state index is 0.211. The summed E-state index contributed by atoms with van der Waals surface area (Å²) in [5, 5.41) is 6.12. The molecule has 0 radical (unpaired) electrons. The predicted molar refractivity (Wildman–Crippen MR) is 92.9 cm³/mol. The molecule has 2 aliphatic rings. The van der Waals surface area contributed by atoms with Gasteiger partial charge < -0.3 is 10.1 Å². The second-order valence-corrected chi connectivity index (χ2v) is 8.90. The van der Waals surface area contributed by atoms with Gasteiger partial charge in [0.2, 0.25) is 0 Å². The summed E-state index contributed by atoms with van der Waals surface area (Å²) < 4.78 is 7.46. The maximum Gasteiger partial charge on any atom is 0.0701 e. The number of hydrogen-bond donors (Lipinski definition) is 1. The second-order valence-electron chi connectivity index (χ2n) is 6.61. The van der Waals surface area contributed by atoms with Gasteiger partial charge in [-0.25, -0.2) is 0 Å². The molecular formula is C17H26BrNOS. The topological polar surface area (TPSA) is 21.3 Å². The molecule has 1 aromatic rings. The van der Waals surface area contributed by atoms with Crippen LogP contribution in [0.15, 0.2) is 15.2 Å². The molecular weight excluding hydrogens is 346 g/mol. The third kappa shape index (κ3) is 3.72. The highest BCUT2D eigenvalue weighted by atomic mass is 79.9. The van der Waals surface area contributed by atoms with Gasteiger partial charge in [-0.3, -0.25) is 0 Å². The molecule has 1 saturated heterocycles. The van der Waals surface area contributed by atoms with Crippen molar-refractivity contribution in [3.63, 3.8) is 0 Å². The van der Waals surface area contributed by atoms with Gasteiger partial charge >= 0.3 is 0 Å². The molecule has 0 aromatic carbocycles. The number of halogens is 1. The number of nitrogens with one attached hydrogen (secondary N) is 1. The maximum absolute atomic E-state index is 6.22. The van der Waals surface area contributed by atoms with Crippen LogP contribution in [0, 0.1) is 5.92 Å². The van der Waals surface area contributed by atoms with Crippen LogP contribution in [0.3, 0.4) is 0 Å². The van der Waals surface area contributed by atoms with Crippen LogP contribution < -0.4 is 5.32 Å². The van der Waals surface area contributed by atoms with E-state index in [1.165, 1.54) is 54.3 Å². The van der Waals surface area contributed by atoms with Crippen LogP contribution in [0.2, 0.25) is 0 Å². The van der Waals surface area contributed by atoms with E-state index in [1.54, 1.807) is 11.3 Å². The lowest BCUT2D eigenvalue weighted by Crippen LogP contribution is -2.42. The van der Waals surface area contributed by atoms with Gasteiger partial charge in [-0.1, -0.05) is 19.8 Å². The molecule has 3 rings (SSSR count). The van der Waals surface area contributed by atoms with Gasteiger partial charge in [0.25, 0.3) is 0 Å². The van der Waals surface area contributed by atoms with Crippen LogP contribution in [0.5, 0.6) is 0 Å². The first kappa shape index (κ1) is 16.0. The Morgan fingerprint density at radius 2 is 2.29 bits per heavy atom. The molecule has 4 heteroatoms. The van der Waals surface area contributed by atoms with Crippen LogP contribution in [0.25, 0.3) is 0 Å². The summed E-state index contributed by atoms with van der Waals surface area (Å²) >= 11 is 5.42. The highest BCUT2D eigenvalue weighted by Crippen LogP contribution is 2.45. The summed E-state index contributed by atoms with van der Waals surface area (Å²) in [6.45, 7) is 4.29. The van der Waals surface area contributed by atoms with Crippen molar-refractivity contribution in [2.24, 2.45) is 5.92 Å². The fourth-order valence-electron chi connectivity index (χ4n) is 4.06. The van der Waals surface area contributed by atoms with Crippen molar-refractivity contribution in [2.45, 2.75) is 63.5 Å². The minimum Gasteiger partial charge on any atom is -0.375 e. The average molecular weight is 372 g/mol. The molecule has 1 aromatic heterocycles. The van der Waals surface area contributed by atoms with Crippen molar-refractivity contribution in [1.82, 2.24) is 5.32 Å². The van der Waals surface area contributed by atoms with E-state index < -0.39 is 0 Å². The predicted octanol–water partition coefficient (Wildman–Crippen LogP) is 5.29. The van der Waals surface area contributed by atoms with Gasteiger partial charge in [0.1, 0.15) is 0 Å². The van der Waals surface area contributed by atoms with Crippen molar-refractivity contribution in [3.8, 4) is 0 Å². The lowest BCUT2D eigenvalue weighted by atomic mass is 9.79. The summed E-state index contributed by atoms with van der Waals surface area (Å²) in [5.41, 5.74) is 1.67. The maximum atomic E-state index is 6.22. The fraction of sp³-hybridized carbons (Fsp3) is 0.765. The highest BCUT2D eigenvalue weighted by Gasteiger charge is 2.42.